The summed E-state index contributed by atoms with van der Waals surface area (Å²) in [4.78, 5) is 0.0771. The average Bonchev–Trinajstić information content (AvgIpc) is 3.34. The maximum absolute atomic E-state index is 12.3. The van der Waals surface area contributed by atoms with Crippen molar-refractivity contribution in [2.75, 3.05) is 34.0 Å². The van der Waals surface area contributed by atoms with E-state index >= 15 is 0 Å². The first kappa shape index (κ1) is 17.1. The molecule has 6 nitrogen and oxygen atoms in total. The van der Waals surface area contributed by atoms with Gasteiger partial charge in [-0.05, 0) is 37.3 Å². The summed E-state index contributed by atoms with van der Waals surface area (Å²) < 4.78 is 42.9. The Morgan fingerprint density at radius 1 is 1.23 bits per heavy atom. The Bertz CT molecular complexity index is 584. The molecule has 1 N–H and O–H groups in total. The quantitative estimate of drug-likeness (QED) is 0.663. The van der Waals surface area contributed by atoms with Crippen LogP contribution in [0.15, 0.2) is 23.1 Å². The van der Waals surface area contributed by atoms with E-state index in [1.165, 1.54) is 33.1 Å². The molecule has 0 unspecified atom stereocenters. The highest BCUT2D eigenvalue weighted by molar-refractivity contribution is 7.89. The molecular weight excluding hydrogens is 306 g/mol. The van der Waals surface area contributed by atoms with Crippen LogP contribution in [0.1, 0.15) is 19.3 Å². The Hall–Kier alpha value is -1.31. The van der Waals surface area contributed by atoms with Gasteiger partial charge in [0.2, 0.25) is 10.0 Å². The Labute approximate surface area is 131 Å². The Kier molecular flexibility index (Phi) is 6.05. The molecule has 0 atom stereocenters. The molecule has 2 rings (SSSR count). The largest absolute Gasteiger partial charge is 0.497 e. The van der Waals surface area contributed by atoms with E-state index in [1.54, 1.807) is 12.1 Å². The molecule has 0 amide bonds. The smallest absolute Gasteiger partial charge is 0.244 e. The summed E-state index contributed by atoms with van der Waals surface area (Å²) in [6, 6.07) is 4.68. The third kappa shape index (κ3) is 4.86. The lowest BCUT2D eigenvalue weighted by atomic mass is 10.3. The molecule has 1 aromatic rings. The number of methoxy groups -OCH3 is 2. The van der Waals surface area contributed by atoms with Crippen LogP contribution in [-0.2, 0) is 14.8 Å². The number of rotatable bonds is 10. The number of hydrogen-bond acceptors (Lipinski definition) is 5. The first-order chi connectivity index (χ1) is 10.6. The Balaban J connectivity index is 1.88. The molecule has 0 aromatic heterocycles. The van der Waals surface area contributed by atoms with E-state index in [1.807, 2.05) is 0 Å². The standard InChI is InChI=1S/C15H23NO5S/c1-19-13-6-7-14(20-2)15(10-13)22(17,18)16-8-3-9-21-11-12-4-5-12/h6-7,10,12,16H,3-5,8-9,11H2,1-2H3. The van der Waals surface area contributed by atoms with Crippen LogP contribution in [0.3, 0.4) is 0 Å². The summed E-state index contributed by atoms with van der Waals surface area (Å²) in [5.74, 6) is 1.48. The van der Waals surface area contributed by atoms with Crippen molar-refractivity contribution in [3.05, 3.63) is 18.2 Å². The summed E-state index contributed by atoms with van der Waals surface area (Å²) in [7, 11) is -0.711. The summed E-state index contributed by atoms with van der Waals surface area (Å²) in [6.45, 7) is 1.68. The molecule has 0 aliphatic heterocycles. The molecular formula is C15H23NO5S. The van der Waals surface area contributed by atoms with E-state index in [4.69, 9.17) is 14.2 Å². The lowest BCUT2D eigenvalue weighted by molar-refractivity contribution is 0.123. The summed E-state index contributed by atoms with van der Waals surface area (Å²) in [5.41, 5.74) is 0. The molecule has 1 saturated carbocycles. The predicted molar refractivity (Wildman–Crippen MR) is 82.9 cm³/mol. The first-order valence-corrected chi connectivity index (χ1v) is 8.84. The fraction of sp³-hybridized carbons (Fsp3) is 0.600. The highest BCUT2D eigenvalue weighted by Crippen LogP contribution is 2.29. The van der Waals surface area contributed by atoms with Crippen molar-refractivity contribution >= 4 is 10.0 Å². The van der Waals surface area contributed by atoms with Crippen LogP contribution in [0, 0.1) is 5.92 Å². The third-order valence-corrected chi connectivity index (χ3v) is 4.95. The van der Waals surface area contributed by atoms with Crippen molar-refractivity contribution in [1.29, 1.82) is 0 Å². The number of ether oxygens (including phenoxy) is 3. The van der Waals surface area contributed by atoms with Crippen LogP contribution in [0.2, 0.25) is 0 Å². The van der Waals surface area contributed by atoms with E-state index < -0.39 is 10.0 Å². The molecule has 0 spiro atoms. The van der Waals surface area contributed by atoms with Gasteiger partial charge in [0.25, 0.3) is 0 Å². The molecule has 7 heteroatoms. The van der Waals surface area contributed by atoms with E-state index in [-0.39, 0.29) is 4.90 Å². The van der Waals surface area contributed by atoms with Crippen LogP contribution in [0.25, 0.3) is 0 Å². The van der Waals surface area contributed by atoms with Gasteiger partial charge in [0.15, 0.2) is 0 Å². The fourth-order valence-corrected chi connectivity index (χ4v) is 3.24. The minimum Gasteiger partial charge on any atom is -0.497 e. The number of nitrogens with one attached hydrogen (secondary N) is 1. The number of hydrogen-bond donors (Lipinski definition) is 1. The number of benzene rings is 1. The van der Waals surface area contributed by atoms with Gasteiger partial charge in [-0.25, -0.2) is 13.1 Å². The summed E-state index contributed by atoms with van der Waals surface area (Å²) in [5, 5.41) is 0. The second kappa shape index (κ2) is 7.80. The normalized spacial score (nSPS) is 14.8. The van der Waals surface area contributed by atoms with E-state index in [9.17, 15) is 8.42 Å². The van der Waals surface area contributed by atoms with Crippen LogP contribution in [0.4, 0.5) is 0 Å². The lowest BCUT2D eigenvalue weighted by Crippen LogP contribution is -2.26. The first-order valence-electron chi connectivity index (χ1n) is 7.36. The zero-order chi connectivity index (χ0) is 16.0. The van der Waals surface area contributed by atoms with Gasteiger partial charge in [0.1, 0.15) is 16.4 Å². The van der Waals surface area contributed by atoms with Crippen molar-refractivity contribution in [1.82, 2.24) is 4.72 Å². The van der Waals surface area contributed by atoms with Crippen molar-refractivity contribution in [2.24, 2.45) is 5.92 Å². The number of sulfonamides is 1. The predicted octanol–water partition coefficient (Wildman–Crippen LogP) is 1.80. The van der Waals surface area contributed by atoms with Gasteiger partial charge < -0.3 is 14.2 Å². The zero-order valence-electron chi connectivity index (χ0n) is 13.0. The third-order valence-electron chi connectivity index (χ3n) is 3.47. The maximum Gasteiger partial charge on any atom is 0.244 e. The summed E-state index contributed by atoms with van der Waals surface area (Å²) >= 11 is 0. The molecule has 0 saturated heterocycles. The van der Waals surface area contributed by atoms with Crippen molar-refractivity contribution in [3.63, 3.8) is 0 Å². The average molecular weight is 329 g/mol. The molecule has 22 heavy (non-hydrogen) atoms. The Morgan fingerprint density at radius 3 is 2.64 bits per heavy atom. The maximum atomic E-state index is 12.3. The second-order valence-electron chi connectivity index (χ2n) is 5.29. The van der Waals surface area contributed by atoms with E-state index in [0.717, 1.165) is 12.5 Å². The molecule has 0 heterocycles. The van der Waals surface area contributed by atoms with Crippen LogP contribution in [-0.4, -0.2) is 42.4 Å². The highest BCUT2D eigenvalue weighted by Gasteiger charge is 2.21. The van der Waals surface area contributed by atoms with E-state index in [0.29, 0.717) is 31.1 Å². The van der Waals surface area contributed by atoms with Crippen LogP contribution >= 0.6 is 0 Å². The molecule has 0 bridgehead atoms. The van der Waals surface area contributed by atoms with Gasteiger partial charge in [-0.15, -0.1) is 0 Å². The zero-order valence-corrected chi connectivity index (χ0v) is 13.8. The molecule has 1 aromatic carbocycles. The van der Waals surface area contributed by atoms with Crippen LogP contribution < -0.4 is 14.2 Å². The van der Waals surface area contributed by atoms with Gasteiger partial charge in [0.05, 0.1) is 14.2 Å². The summed E-state index contributed by atoms with van der Waals surface area (Å²) in [6.07, 6.45) is 3.14. The monoisotopic (exact) mass is 329 g/mol. The molecule has 0 radical (unpaired) electrons. The lowest BCUT2D eigenvalue weighted by Gasteiger charge is -2.12. The van der Waals surface area contributed by atoms with Gasteiger partial charge in [-0.2, -0.15) is 0 Å². The molecule has 1 aliphatic rings. The van der Waals surface area contributed by atoms with Gasteiger partial charge in [-0.1, -0.05) is 0 Å². The minimum absolute atomic E-state index is 0.0771. The van der Waals surface area contributed by atoms with Crippen molar-refractivity contribution in [2.45, 2.75) is 24.2 Å². The van der Waals surface area contributed by atoms with Gasteiger partial charge in [0, 0.05) is 25.8 Å². The van der Waals surface area contributed by atoms with Gasteiger partial charge >= 0.3 is 0 Å². The van der Waals surface area contributed by atoms with E-state index in [2.05, 4.69) is 4.72 Å². The minimum atomic E-state index is -3.64. The van der Waals surface area contributed by atoms with Crippen molar-refractivity contribution < 1.29 is 22.6 Å². The topological polar surface area (TPSA) is 73.9 Å². The SMILES string of the molecule is COc1ccc(OC)c(S(=O)(=O)NCCCOCC2CC2)c1. The highest BCUT2D eigenvalue weighted by atomic mass is 32.2. The van der Waals surface area contributed by atoms with Crippen LogP contribution in [0.5, 0.6) is 11.5 Å². The fourth-order valence-electron chi connectivity index (χ4n) is 1.99. The van der Waals surface area contributed by atoms with Crippen molar-refractivity contribution in [3.8, 4) is 11.5 Å². The molecule has 124 valence electrons. The van der Waals surface area contributed by atoms with Gasteiger partial charge in [-0.3, -0.25) is 0 Å². The second-order valence-corrected chi connectivity index (χ2v) is 7.02. The molecule has 1 aliphatic carbocycles. The Morgan fingerprint density at radius 2 is 2.00 bits per heavy atom. The molecule has 1 fully saturated rings.